The van der Waals surface area contributed by atoms with Crippen LogP contribution in [0.3, 0.4) is 0 Å². The van der Waals surface area contributed by atoms with E-state index in [2.05, 4.69) is 10.6 Å². The smallest absolute Gasteiger partial charge is 0.123 e. The van der Waals surface area contributed by atoms with E-state index in [1.54, 1.807) is 7.11 Å². The van der Waals surface area contributed by atoms with Crippen LogP contribution in [0.1, 0.15) is 11.1 Å². The fraction of sp³-hybridized carbons (Fsp3) is 0.176. The van der Waals surface area contributed by atoms with Crippen molar-refractivity contribution in [3.8, 4) is 5.75 Å². The van der Waals surface area contributed by atoms with Crippen LogP contribution in [0, 0.1) is 0 Å². The zero-order chi connectivity index (χ0) is 14.8. The normalized spacial score (nSPS) is 11.0. The highest BCUT2D eigenvalue weighted by molar-refractivity contribution is 6.30. The minimum absolute atomic E-state index is 0.0433. The third-order valence-corrected chi connectivity index (χ3v) is 3.84. The average molecular weight is 302 g/mol. The van der Waals surface area contributed by atoms with E-state index in [0.717, 1.165) is 27.8 Å². The number of aromatic nitrogens is 1. The number of fused-ring (bicyclic) bond motifs is 1. The molecule has 0 saturated heterocycles. The summed E-state index contributed by atoms with van der Waals surface area (Å²) in [7, 11) is 1.66. The predicted molar refractivity (Wildman–Crippen MR) is 85.0 cm³/mol. The van der Waals surface area contributed by atoms with E-state index in [1.807, 2.05) is 42.6 Å². The van der Waals surface area contributed by atoms with Gasteiger partial charge >= 0.3 is 0 Å². The average Bonchev–Trinajstić information content (AvgIpc) is 2.90. The van der Waals surface area contributed by atoms with Gasteiger partial charge in [-0.15, -0.1) is 0 Å². The molecule has 0 atom stereocenters. The number of rotatable bonds is 4. The summed E-state index contributed by atoms with van der Waals surface area (Å²) in [5.41, 5.74) is 3.01. The van der Waals surface area contributed by atoms with Crippen molar-refractivity contribution in [1.82, 2.24) is 4.57 Å². The molecule has 3 rings (SSSR count). The molecule has 0 bridgehead atoms. The minimum Gasteiger partial charge on any atom is -0.496 e. The van der Waals surface area contributed by atoms with Gasteiger partial charge in [0.25, 0.3) is 0 Å². The molecule has 0 fully saturated rings. The second-order valence-corrected chi connectivity index (χ2v) is 5.39. The maximum Gasteiger partial charge on any atom is 0.123 e. The van der Waals surface area contributed by atoms with Gasteiger partial charge in [-0.05, 0) is 41.3 Å². The Kier molecular flexibility index (Phi) is 3.86. The summed E-state index contributed by atoms with van der Waals surface area (Å²) in [6, 6.07) is 13.6. The van der Waals surface area contributed by atoms with Crippen molar-refractivity contribution in [2.45, 2.75) is 13.2 Å². The van der Waals surface area contributed by atoms with Gasteiger partial charge in [0.1, 0.15) is 5.75 Å². The van der Waals surface area contributed by atoms with Crippen LogP contribution in [-0.4, -0.2) is 16.8 Å². The molecule has 0 spiro atoms. The Labute approximate surface area is 128 Å². The summed E-state index contributed by atoms with van der Waals surface area (Å²) in [6.07, 6.45) is 2.03. The molecule has 0 aliphatic rings. The summed E-state index contributed by atoms with van der Waals surface area (Å²) in [4.78, 5) is 0. The van der Waals surface area contributed by atoms with Crippen molar-refractivity contribution in [3.63, 3.8) is 0 Å². The number of methoxy groups -OCH3 is 1. The first-order valence-corrected chi connectivity index (χ1v) is 7.10. The molecule has 0 aliphatic heterocycles. The highest BCUT2D eigenvalue weighted by Gasteiger charge is 2.08. The third kappa shape index (κ3) is 2.75. The Balaban J connectivity index is 2.03. The number of nitrogens with zero attached hydrogens (tertiary/aromatic N) is 1. The fourth-order valence-electron chi connectivity index (χ4n) is 2.52. The number of aliphatic hydroxyl groups is 1. The number of hydrogen-bond acceptors (Lipinski definition) is 2. The van der Waals surface area contributed by atoms with Gasteiger partial charge in [-0.2, -0.15) is 0 Å². The Morgan fingerprint density at radius 3 is 2.76 bits per heavy atom. The van der Waals surface area contributed by atoms with Crippen LogP contribution in [0.25, 0.3) is 10.9 Å². The second-order valence-electron chi connectivity index (χ2n) is 4.95. The maximum absolute atomic E-state index is 9.29. The van der Waals surface area contributed by atoms with Crippen LogP contribution in [0.2, 0.25) is 5.02 Å². The summed E-state index contributed by atoms with van der Waals surface area (Å²) >= 11 is 6.08. The lowest BCUT2D eigenvalue weighted by Gasteiger charge is -2.11. The molecule has 3 aromatic rings. The van der Waals surface area contributed by atoms with E-state index in [1.165, 1.54) is 0 Å². The number of halogens is 1. The second kappa shape index (κ2) is 5.80. The van der Waals surface area contributed by atoms with Crippen molar-refractivity contribution >= 4 is 22.5 Å². The molecule has 0 aliphatic carbocycles. The topological polar surface area (TPSA) is 34.4 Å². The lowest BCUT2D eigenvalue weighted by Crippen LogP contribution is -2.01. The summed E-state index contributed by atoms with van der Waals surface area (Å²) in [5.74, 6) is 0.819. The van der Waals surface area contributed by atoms with Crippen LogP contribution >= 0.6 is 11.6 Å². The van der Waals surface area contributed by atoms with Crippen LogP contribution in [-0.2, 0) is 13.2 Å². The highest BCUT2D eigenvalue weighted by atomic mass is 35.5. The lowest BCUT2D eigenvalue weighted by molar-refractivity contribution is 0.282. The van der Waals surface area contributed by atoms with E-state index >= 15 is 0 Å². The van der Waals surface area contributed by atoms with Crippen molar-refractivity contribution in [2.75, 3.05) is 7.11 Å². The predicted octanol–water partition coefficient (Wildman–Crippen LogP) is 3.84. The van der Waals surface area contributed by atoms with E-state index in [9.17, 15) is 5.11 Å². The molecule has 1 N–H and O–H groups in total. The summed E-state index contributed by atoms with van der Waals surface area (Å²) in [6.45, 7) is 0.712. The molecular formula is C17H16ClNO2. The maximum atomic E-state index is 9.29. The minimum atomic E-state index is 0.0433. The first-order chi connectivity index (χ1) is 10.2. The van der Waals surface area contributed by atoms with E-state index in [-0.39, 0.29) is 6.61 Å². The van der Waals surface area contributed by atoms with Crippen LogP contribution in [0.15, 0.2) is 48.7 Å². The van der Waals surface area contributed by atoms with Gasteiger partial charge < -0.3 is 14.4 Å². The third-order valence-electron chi connectivity index (χ3n) is 3.60. The van der Waals surface area contributed by atoms with Crippen molar-refractivity contribution in [3.05, 3.63) is 64.8 Å². The molecule has 1 aromatic heterocycles. The zero-order valence-corrected chi connectivity index (χ0v) is 12.5. The molecule has 1 heterocycles. The molecule has 2 aromatic carbocycles. The summed E-state index contributed by atoms with van der Waals surface area (Å²) in [5, 5.41) is 11.1. The molecule has 0 unspecified atom stereocenters. The molecule has 21 heavy (non-hydrogen) atoms. The van der Waals surface area contributed by atoms with Gasteiger partial charge in [-0.3, -0.25) is 0 Å². The Bertz CT molecular complexity index is 780. The Morgan fingerprint density at radius 2 is 2.00 bits per heavy atom. The first-order valence-electron chi connectivity index (χ1n) is 6.72. The van der Waals surface area contributed by atoms with Gasteiger partial charge in [0.15, 0.2) is 0 Å². The van der Waals surface area contributed by atoms with E-state index in [4.69, 9.17) is 16.3 Å². The Morgan fingerprint density at radius 1 is 1.14 bits per heavy atom. The number of ether oxygens (including phenoxy) is 1. The number of aliphatic hydroxyl groups excluding tert-OH is 1. The van der Waals surface area contributed by atoms with Crippen LogP contribution < -0.4 is 4.74 Å². The van der Waals surface area contributed by atoms with E-state index in [0.29, 0.717) is 11.6 Å². The monoisotopic (exact) mass is 301 g/mol. The molecular weight excluding hydrogens is 286 g/mol. The SMILES string of the molecule is COc1ccc(Cl)cc1Cn1ccc2ccc(CO)cc21. The largest absolute Gasteiger partial charge is 0.496 e. The van der Waals surface area contributed by atoms with Gasteiger partial charge in [0.05, 0.1) is 20.3 Å². The fourth-order valence-corrected chi connectivity index (χ4v) is 2.71. The van der Waals surface area contributed by atoms with Crippen molar-refractivity contribution in [1.29, 1.82) is 0 Å². The number of benzene rings is 2. The first kappa shape index (κ1) is 14.0. The molecule has 0 radical (unpaired) electrons. The zero-order valence-electron chi connectivity index (χ0n) is 11.7. The van der Waals surface area contributed by atoms with Crippen LogP contribution in [0.5, 0.6) is 5.75 Å². The van der Waals surface area contributed by atoms with Crippen molar-refractivity contribution in [2.24, 2.45) is 0 Å². The molecule has 0 saturated carbocycles. The molecule has 108 valence electrons. The van der Waals surface area contributed by atoms with Gasteiger partial charge in [-0.25, -0.2) is 0 Å². The van der Waals surface area contributed by atoms with Crippen molar-refractivity contribution < 1.29 is 9.84 Å². The van der Waals surface area contributed by atoms with Gasteiger partial charge in [0, 0.05) is 22.3 Å². The molecule has 4 heteroatoms. The lowest BCUT2D eigenvalue weighted by atomic mass is 10.1. The molecule has 3 nitrogen and oxygen atoms in total. The van der Waals surface area contributed by atoms with Gasteiger partial charge in [0.2, 0.25) is 0 Å². The summed E-state index contributed by atoms with van der Waals surface area (Å²) < 4.78 is 7.52. The van der Waals surface area contributed by atoms with E-state index < -0.39 is 0 Å². The van der Waals surface area contributed by atoms with Gasteiger partial charge in [-0.1, -0.05) is 23.7 Å². The van der Waals surface area contributed by atoms with Crippen LogP contribution in [0.4, 0.5) is 0 Å². The highest BCUT2D eigenvalue weighted by Crippen LogP contribution is 2.26. The quantitative estimate of drug-likeness (QED) is 0.794. The standard InChI is InChI=1S/C17H16ClNO2/c1-21-17-5-4-15(18)9-14(17)10-19-7-6-13-3-2-12(11-20)8-16(13)19/h2-9,20H,10-11H2,1H3. The Hall–Kier alpha value is -1.97. The molecule has 0 amide bonds. The number of hydrogen-bond donors (Lipinski definition) is 1.